The standard InChI is InChI=1S/C12H18N2O2/c1-12(9-16-2,11(13)15)14-8-10-6-4-3-5-7-10/h3-7,14H,8-9H2,1-2H3,(H2,13,15). The number of nitrogens with one attached hydrogen (secondary N) is 1. The van der Waals surface area contributed by atoms with Gasteiger partial charge in [-0.1, -0.05) is 30.3 Å². The summed E-state index contributed by atoms with van der Waals surface area (Å²) in [6, 6.07) is 9.83. The molecule has 0 aliphatic carbocycles. The summed E-state index contributed by atoms with van der Waals surface area (Å²) in [5.41, 5.74) is 5.61. The molecule has 0 heterocycles. The van der Waals surface area contributed by atoms with Crippen molar-refractivity contribution in [3.8, 4) is 0 Å². The molecule has 0 saturated carbocycles. The van der Waals surface area contributed by atoms with Crippen molar-refractivity contribution >= 4 is 5.91 Å². The van der Waals surface area contributed by atoms with Crippen molar-refractivity contribution in [2.24, 2.45) is 5.73 Å². The Kier molecular flexibility index (Phi) is 4.46. The molecule has 1 amide bonds. The molecule has 0 bridgehead atoms. The van der Waals surface area contributed by atoms with Gasteiger partial charge in [-0.2, -0.15) is 0 Å². The van der Waals surface area contributed by atoms with Crippen molar-refractivity contribution in [3.05, 3.63) is 35.9 Å². The van der Waals surface area contributed by atoms with E-state index in [4.69, 9.17) is 10.5 Å². The number of methoxy groups -OCH3 is 1. The van der Waals surface area contributed by atoms with Crippen molar-refractivity contribution in [1.29, 1.82) is 0 Å². The van der Waals surface area contributed by atoms with Gasteiger partial charge < -0.3 is 10.5 Å². The molecule has 88 valence electrons. The Morgan fingerprint density at radius 3 is 2.56 bits per heavy atom. The molecule has 0 radical (unpaired) electrons. The summed E-state index contributed by atoms with van der Waals surface area (Å²) in [5.74, 6) is -0.412. The first kappa shape index (κ1) is 12.7. The molecule has 1 aromatic rings. The van der Waals surface area contributed by atoms with Gasteiger partial charge in [-0.05, 0) is 12.5 Å². The van der Waals surface area contributed by atoms with Gasteiger partial charge in [-0.3, -0.25) is 10.1 Å². The maximum Gasteiger partial charge on any atom is 0.239 e. The van der Waals surface area contributed by atoms with Crippen molar-refractivity contribution in [2.75, 3.05) is 13.7 Å². The second kappa shape index (κ2) is 5.63. The Balaban J connectivity index is 2.60. The van der Waals surface area contributed by atoms with Crippen LogP contribution in [0.1, 0.15) is 12.5 Å². The summed E-state index contributed by atoms with van der Waals surface area (Å²) >= 11 is 0. The monoisotopic (exact) mass is 222 g/mol. The van der Waals surface area contributed by atoms with Crippen LogP contribution in [-0.2, 0) is 16.1 Å². The third-order valence-corrected chi connectivity index (χ3v) is 2.50. The second-order valence-corrected chi connectivity index (χ2v) is 3.97. The van der Waals surface area contributed by atoms with E-state index in [-0.39, 0.29) is 6.61 Å². The lowest BCUT2D eigenvalue weighted by molar-refractivity contribution is -0.125. The third-order valence-electron chi connectivity index (χ3n) is 2.50. The minimum absolute atomic E-state index is 0.259. The average Bonchev–Trinajstić information content (AvgIpc) is 2.28. The van der Waals surface area contributed by atoms with Gasteiger partial charge in [-0.25, -0.2) is 0 Å². The Morgan fingerprint density at radius 2 is 2.06 bits per heavy atom. The highest BCUT2D eigenvalue weighted by atomic mass is 16.5. The van der Waals surface area contributed by atoms with E-state index in [1.807, 2.05) is 30.3 Å². The molecule has 0 saturated heterocycles. The van der Waals surface area contributed by atoms with Crippen LogP contribution in [0.2, 0.25) is 0 Å². The van der Waals surface area contributed by atoms with Crippen LogP contribution in [0.15, 0.2) is 30.3 Å². The molecule has 3 N–H and O–H groups in total. The van der Waals surface area contributed by atoms with E-state index >= 15 is 0 Å². The Bertz CT molecular complexity index is 340. The van der Waals surface area contributed by atoms with Crippen LogP contribution in [0.5, 0.6) is 0 Å². The normalized spacial score (nSPS) is 14.4. The largest absolute Gasteiger partial charge is 0.382 e. The fourth-order valence-corrected chi connectivity index (χ4v) is 1.39. The lowest BCUT2D eigenvalue weighted by Crippen LogP contribution is -2.55. The summed E-state index contributed by atoms with van der Waals surface area (Å²) in [4.78, 5) is 11.3. The number of primary amides is 1. The van der Waals surface area contributed by atoms with E-state index in [1.54, 1.807) is 14.0 Å². The SMILES string of the molecule is COCC(C)(NCc1ccccc1)C(N)=O. The van der Waals surface area contributed by atoms with Gasteiger partial charge in [0.1, 0.15) is 5.54 Å². The molecule has 0 spiro atoms. The number of hydrogen-bond acceptors (Lipinski definition) is 3. The fourth-order valence-electron chi connectivity index (χ4n) is 1.39. The molecule has 0 aliphatic rings. The first-order valence-electron chi connectivity index (χ1n) is 5.16. The predicted molar refractivity (Wildman–Crippen MR) is 62.8 cm³/mol. The highest BCUT2D eigenvalue weighted by molar-refractivity contribution is 5.84. The van der Waals surface area contributed by atoms with Crippen LogP contribution in [-0.4, -0.2) is 25.2 Å². The van der Waals surface area contributed by atoms with E-state index in [0.717, 1.165) is 5.56 Å². The number of benzene rings is 1. The number of rotatable bonds is 6. The highest BCUT2D eigenvalue weighted by Gasteiger charge is 2.30. The number of carbonyl (C=O) groups is 1. The Morgan fingerprint density at radius 1 is 1.44 bits per heavy atom. The summed E-state index contributed by atoms with van der Waals surface area (Å²) < 4.78 is 4.99. The van der Waals surface area contributed by atoms with Crippen LogP contribution in [0.3, 0.4) is 0 Å². The van der Waals surface area contributed by atoms with E-state index < -0.39 is 11.4 Å². The zero-order valence-corrected chi connectivity index (χ0v) is 9.69. The summed E-state index contributed by atoms with van der Waals surface area (Å²) in [7, 11) is 1.55. The van der Waals surface area contributed by atoms with Gasteiger partial charge in [0.25, 0.3) is 0 Å². The summed E-state index contributed by atoms with van der Waals surface area (Å²) in [6.45, 7) is 2.58. The number of ether oxygens (including phenoxy) is 1. The van der Waals surface area contributed by atoms with Crippen LogP contribution in [0, 0.1) is 0 Å². The Hall–Kier alpha value is -1.39. The number of amides is 1. The summed E-state index contributed by atoms with van der Waals surface area (Å²) in [5, 5.41) is 3.11. The van der Waals surface area contributed by atoms with E-state index in [0.29, 0.717) is 6.54 Å². The molecule has 1 atom stereocenters. The quantitative estimate of drug-likeness (QED) is 0.743. The van der Waals surface area contributed by atoms with Crippen LogP contribution >= 0.6 is 0 Å². The second-order valence-electron chi connectivity index (χ2n) is 3.97. The van der Waals surface area contributed by atoms with Gasteiger partial charge in [-0.15, -0.1) is 0 Å². The lowest BCUT2D eigenvalue weighted by Gasteiger charge is -2.26. The average molecular weight is 222 g/mol. The van der Waals surface area contributed by atoms with Gasteiger partial charge in [0.2, 0.25) is 5.91 Å². The molecule has 4 nitrogen and oxygen atoms in total. The molecule has 16 heavy (non-hydrogen) atoms. The van der Waals surface area contributed by atoms with Gasteiger partial charge in [0.05, 0.1) is 6.61 Å². The Labute approximate surface area is 95.8 Å². The molecule has 1 rings (SSSR count). The zero-order valence-electron chi connectivity index (χ0n) is 9.69. The number of nitrogens with two attached hydrogens (primary N) is 1. The topological polar surface area (TPSA) is 64.3 Å². The highest BCUT2D eigenvalue weighted by Crippen LogP contribution is 2.06. The molecule has 1 aromatic carbocycles. The first-order valence-corrected chi connectivity index (χ1v) is 5.16. The molecular weight excluding hydrogens is 204 g/mol. The minimum atomic E-state index is -0.829. The van der Waals surface area contributed by atoms with Crippen molar-refractivity contribution in [2.45, 2.75) is 19.0 Å². The molecule has 1 unspecified atom stereocenters. The van der Waals surface area contributed by atoms with Crippen molar-refractivity contribution < 1.29 is 9.53 Å². The van der Waals surface area contributed by atoms with Crippen LogP contribution in [0.25, 0.3) is 0 Å². The van der Waals surface area contributed by atoms with Crippen molar-refractivity contribution in [3.63, 3.8) is 0 Å². The molecule has 4 heteroatoms. The number of hydrogen-bond donors (Lipinski definition) is 2. The lowest BCUT2D eigenvalue weighted by atomic mass is 10.0. The van der Waals surface area contributed by atoms with Gasteiger partial charge in [0, 0.05) is 13.7 Å². The van der Waals surface area contributed by atoms with Crippen LogP contribution < -0.4 is 11.1 Å². The fraction of sp³-hybridized carbons (Fsp3) is 0.417. The maximum absolute atomic E-state index is 11.3. The molecule has 0 fully saturated rings. The van der Waals surface area contributed by atoms with Crippen LogP contribution in [0.4, 0.5) is 0 Å². The zero-order chi connectivity index (χ0) is 12.0. The van der Waals surface area contributed by atoms with Gasteiger partial charge in [0.15, 0.2) is 0 Å². The molecule has 0 aromatic heterocycles. The van der Waals surface area contributed by atoms with Crippen molar-refractivity contribution in [1.82, 2.24) is 5.32 Å². The molecular formula is C12H18N2O2. The first-order chi connectivity index (χ1) is 7.58. The molecule has 0 aliphatic heterocycles. The third kappa shape index (κ3) is 3.32. The smallest absolute Gasteiger partial charge is 0.239 e. The van der Waals surface area contributed by atoms with E-state index in [2.05, 4.69) is 5.32 Å². The van der Waals surface area contributed by atoms with E-state index in [1.165, 1.54) is 0 Å². The summed E-state index contributed by atoms with van der Waals surface area (Å²) in [6.07, 6.45) is 0. The number of carbonyl (C=O) groups excluding carboxylic acids is 1. The predicted octanol–water partition coefficient (Wildman–Crippen LogP) is 0.667. The maximum atomic E-state index is 11.3. The van der Waals surface area contributed by atoms with Gasteiger partial charge >= 0.3 is 0 Å². The minimum Gasteiger partial charge on any atom is -0.382 e. The van der Waals surface area contributed by atoms with E-state index in [9.17, 15) is 4.79 Å².